The molecule has 144 valence electrons. The summed E-state index contributed by atoms with van der Waals surface area (Å²) in [7, 11) is 1.69. The number of nitrogens with zero attached hydrogens (tertiary/aromatic N) is 1. The van der Waals surface area contributed by atoms with E-state index in [0.29, 0.717) is 12.1 Å². The summed E-state index contributed by atoms with van der Waals surface area (Å²) in [5, 5.41) is 2.78. The predicted molar refractivity (Wildman–Crippen MR) is 105 cm³/mol. The third-order valence-electron chi connectivity index (χ3n) is 4.40. The van der Waals surface area contributed by atoms with Crippen LogP contribution in [0.25, 0.3) is 0 Å². The van der Waals surface area contributed by atoms with E-state index >= 15 is 0 Å². The van der Waals surface area contributed by atoms with Gasteiger partial charge >= 0.3 is 0 Å². The molecule has 0 aliphatic rings. The average Bonchev–Trinajstić information content (AvgIpc) is 2.62. The topological polar surface area (TPSA) is 49.4 Å². The van der Waals surface area contributed by atoms with Crippen molar-refractivity contribution in [1.82, 2.24) is 10.2 Å². The van der Waals surface area contributed by atoms with E-state index < -0.39 is 0 Å². The van der Waals surface area contributed by atoms with Crippen LogP contribution in [0.2, 0.25) is 0 Å². The van der Waals surface area contributed by atoms with E-state index in [9.17, 15) is 14.0 Å². The largest absolute Gasteiger partial charge is 0.352 e. The summed E-state index contributed by atoms with van der Waals surface area (Å²) in [6.45, 7) is 7.04. The number of hydrogen-bond acceptors (Lipinski definition) is 2. The van der Waals surface area contributed by atoms with Gasteiger partial charge in [-0.05, 0) is 40.8 Å². The molecule has 4 nitrogen and oxygen atoms in total. The summed E-state index contributed by atoms with van der Waals surface area (Å²) in [4.78, 5) is 26.0. The number of benzene rings is 2. The van der Waals surface area contributed by atoms with Crippen molar-refractivity contribution in [3.05, 3.63) is 71.0 Å². The Morgan fingerprint density at radius 1 is 1.00 bits per heavy atom. The summed E-state index contributed by atoms with van der Waals surface area (Å²) < 4.78 is 12.9. The molecule has 27 heavy (non-hydrogen) atoms. The molecule has 0 aliphatic carbocycles. The Morgan fingerprint density at radius 2 is 1.59 bits per heavy atom. The van der Waals surface area contributed by atoms with Crippen molar-refractivity contribution in [1.29, 1.82) is 0 Å². The first-order chi connectivity index (χ1) is 12.7. The van der Waals surface area contributed by atoms with E-state index in [1.165, 1.54) is 12.1 Å². The second kappa shape index (κ2) is 8.80. The van der Waals surface area contributed by atoms with Gasteiger partial charge in [0.25, 0.3) is 5.91 Å². The van der Waals surface area contributed by atoms with Crippen LogP contribution in [-0.4, -0.2) is 30.3 Å². The number of carbonyl (C=O) groups excluding carboxylic acids is 2. The van der Waals surface area contributed by atoms with Gasteiger partial charge in [-0.1, -0.05) is 45.0 Å². The van der Waals surface area contributed by atoms with Crippen LogP contribution in [-0.2, 0) is 16.8 Å². The Kier molecular flexibility index (Phi) is 6.72. The number of nitrogens with one attached hydrogen (secondary N) is 1. The van der Waals surface area contributed by atoms with Crippen molar-refractivity contribution in [2.24, 2.45) is 0 Å². The number of halogens is 1. The molecule has 0 heterocycles. The molecule has 5 heteroatoms. The molecule has 2 aromatic rings. The van der Waals surface area contributed by atoms with Crippen LogP contribution in [0.5, 0.6) is 0 Å². The van der Waals surface area contributed by atoms with Crippen LogP contribution in [0, 0.1) is 5.82 Å². The Balaban J connectivity index is 1.79. The minimum atomic E-state index is -0.300. The zero-order valence-electron chi connectivity index (χ0n) is 16.4. The first-order valence-corrected chi connectivity index (χ1v) is 9.04. The standard InChI is InChI=1S/C22H27FN2O2/c1-22(2,3)18-9-7-17(8-10-18)21(27)24-14-13-20(26)25(4)15-16-5-11-19(23)12-6-16/h5-12H,13-15H2,1-4H3,(H,24,27). The van der Waals surface area contributed by atoms with Gasteiger partial charge in [0.2, 0.25) is 5.91 Å². The van der Waals surface area contributed by atoms with Crippen molar-refractivity contribution in [3.8, 4) is 0 Å². The van der Waals surface area contributed by atoms with Gasteiger partial charge in [-0.25, -0.2) is 4.39 Å². The molecule has 0 radical (unpaired) electrons. The van der Waals surface area contributed by atoms with Gasteiger partial charge in [-0.3, -0.25) is 9.59 Å². The van der Waals surface area contributed by atoms with Gasteiger partial charge in [0.1, 0.15) is 5.82 Å². The van der Waals surface area contributed by atoms with Crippen molar-refractivity contribution in [2.45, 2.75) is 39.2 Å². The van der Waals surface area contributed by atoms with E-state index in [2.05, 4.69) is 26.1 Å². The highest BCUT2D eigenvalue weighted by atomic mass is 19.1. The molecule has 2 aromatic carbocycles. The first kappa shape index (κ1) is 20.6. The predicted octanol–water partition coefficient (Wildman–Crippen LogP) is 3.90. The SMILES string of the molecule is CN(Cc1ccc(F)cc1)C(=O)CCNC(=O)c1ccc(C(C)(C)C)cc1. The van der Waals surface area contributed by atoms with Gasteiger partial charge < -0.3 is 10.2 Å². The molecule has 0 saturated heterocycles. The number of hydrogen-bond donors (Lipinski definition) is 1. The second-order valence-electron chi connectivity index (χ2n) is 7.71. The fraction of sp³-hybridized carbons (Fsp3) is 0.364. The van der Waals surface area contributed by atoms with Crippen LogP contribution >= 0.6 is 0 Å². The molecule has 0 saturated carbocycles. The summed E-state index contributed by atoms with van der Waals surface area (Å²) in [5.41, 5.74) is 2.64. The lowest BCUT2D eigenvalue weighted by Crippen LogP contribution is -2.31. The number of amides is 2. The Bertz CT molecular complexity index is 777. The van der Waals surface area contributed by atoms with Crippen molar-refractivity contribution >= 4 is 11.8 Å². The van der Waals surface area contributed by atoms with E-state index in [-0.39, 0.29) is 36.0 Å². The maximum absolute atomic E-state index is 12.9. The van der Waals surface area contributed by atoms with Gasteiger partial charge in [0, 0.05) is 32.1 Å². The zero-order valence-corrected chi connectivity index (χ0v) is 16.4. The van der Waals surface area contributed by atoms with Gasteiger partial charge in [-0.2, -0.15) is 0 Å². The van der Waals surface area contributed by atoms with Crippen LogP contribution in [0.4, 0.5) is 4.39 Å². The first-order valence-electron chi connectivity index (χ1n) is 9.04. The Hall–Kier alpha value is -2.69. The highest BCUT2D eigenvalue weighted by Crippen LogP contribution is 2.22. The van der Waals surface area contributed by atoms with Gasteiger partial charge in [-0.15, -0.1) is 0 Å². The zero-order chi connectivity index (χ0) is 20.0. The van der Waals surface area contributed by atoms with Crippen LogP contribution < -0.4 is 5.32 Å². The van der Waals surface area contributed by atoms with E-state index in [1.807, 2.05) is 12.1 Å². The molecule has 2 amide bonds. The lowest BCUT2D eigenvalue weighted by molar-refractivity contribution is -0.130. The fourth-order valence-corrected chi connectivity index (χ4v) is 2.65. The Labute approximate surface area is 160 Å². The lowest BCUT2D eigenvalue weighted by Gasteiger charge is -2.19. The highest BCUT2D eigenvalue weighted by Gasteiger charge is 2.15. The molecule has 0 fully saturated rings. The third-order valence-corrected chi connectivity index (χ3v) is 4.40. The second-order valence-corrected chi connectivity index (χ2v) is 7.71. The molecule has 0 aromatic heterocycles. The molecule has 0 atom stereocenters. The van der Waals surface area contributed by atoms with Crippen molar-refractivity contribution in [2.75, 3.05) is 13.6 Å². The van der Waals surface area contributed by atoms with Crippen molar-refractivity contribution in [3.63, 3.8) is 0 Å². The minimum absolute atomic E-state index is 0.0382. The van der Waals surface area contributed by atoms with E-state index in [1.54, 1.807) is 36.2 Å². The Morgan fingerprint density at radius 3 is 2.15 bits per heavy atom. The monoisotopic (exact) mass is 370 g/mol. The quantitative estimate of drug-likeness (QED) is 0.838. The number of carbonyl (C=O) groups is 2. The summed E-state index contributed by atoms with van der Waals surface area (Å²) >= 11 is 0. The lowest BCUT2D eigenvalue weighted by atomic mass is 9.87. The normalized spacial score (nSPS) is 11.1. The molecule has 2 rings (SSSR count). The van der Waals surface area contributed by atoms with Gasteiger partial charge in [0.05, 0.1) is 0 Å². The molecule has 0 unspecified atom stereocenters. The molecular weight excluding hydrogens is 343 g/mol. The van der Waals surface area contributed by atoms with Crippen LogP contribution in [0.3, 0.4) is 0 Å². The molecule has 0 aliphatic heterocycles. The molecular formula is C22H27FN2O2. The molecule has 1 N–H and O–H groups in total. The third kappa shape index (κ3) is 6.20. The summed E-state index contributed by atoms with van der Waals surface area (Å²) in [5.74, 6) is -0.571. The maximum Gasteiger partial charge on any atom is 0.251 e. The van der Waals surface area contributed by atoms with E-state index in [0.717, 1.165) is 11.1 Å². The van der Waals surface area contributed by atoms with E-state index in [4.69, 9.17) is 0 Å². The van der Waals surface area contributed by atoms with Crippen LogP contribution in [0.1, 0.15) is 48.7 Å². The summed E-state index contributed by atoms with van der Waals surface area (Å²) in [6.07, 6.45) is 0.212. The maximum atomic E-state index is 12.9. The molecule has 0 bridgehead atoms. The summed E-state index contributed by atoms with van der Waals surface area (Å²) in [6, 6.07) is 13.6. The average molecular weight is 370 g/mol. The smallest absolute Gasteiger partial charge is 0.251 e. The van der Waals surface area contributed by atoms with Crippen molar-refractivity contribution < 1.29 is 14.0 Å². The van der Waals surface area contributed by atoms with Gasteiger partial charge in [0.15, 0.2) is 0 Å². The molecule has 0 spiro atoms. The van der Waals surface area contributed by atoms with Crippen LogP contribution in [0.15, 0.2) is 48.5 Å². The number of rotatable bonds is 6. The minimum Gasteiger partial charge on any atom is -0.352 e. The highest BCUT2D eigenvalue weighted by molar-refractivity contribution is 5.94. The fourth-order valence-electron chi connectivity index (χ4n) is 2.65.